The number of benzene rings is 1. The summed E-state index contributed by atoms with van der Waals surface area (Å²) in [6.45, 7) is 4.27. The first kappa shape index (κ1) is 12.6. The molecule has 0 spiro atoms. The topological polar surface area (TPSA) is 17.8 Å². The van der Waals surface area contributed by atoms with E-state index in [4.69, 9.17) is 0 Å². The molecule has 3 heteroatoms. The largest absolute Gasteiger partial charge is 0.331 e. The van der Waals surface area contributed by atoms with Crippen molar-refractivity contribution in [3.05, 3.63) is 29.6 Å². The number of hydrogen-bond donors (Lipinski definition) is 0. The molecule has 1 aromatic carbocycles. The van der Waals surface area contributed by atoms with Gasteiger partial charge < -0.3 is 4.57 Å². The van der Waals surface area contributed by atoms with Crippen molar-refractivity contribution in [2.45, 2.75) is 37.9 Å². The third-order valence-corrected chi connectivity index (χ3v) is 4.01. The van der Waals surface area contributed by atoms with Crippen molar-refractivity contribution in [3.8, 4) is 0 Å². The lowest BCUT2D eigenvalue weighted by atomic mass is 10.1. The van der Waals surface area contributed by atoms with Crippen LogP contribution in [0.5, 0.6) is 0 Å². The Morgan fingerprint density at radius 1 is 1.41 bits per heavy atom. The Morgan fingerprint density at radius 3 is 2.88 bits per heavy atom. The zero-order valence-corrected chi connectivity index (χ0v) is 12.3. The number of fused-ring (bicyclic) bond motifs is 1. The lowest BCUT2D eigenvalue weighted by molar-refractivity contribution is 0.745. The average molecular weight is 295 g/mol. The Balaban J connectivity index is 2.26. The molecule has 2 rings (SSSR count). The van der Waals surface area contributed by atoms with Gasteiger partial charge in [0.2, 0.25) is 0 Å². The van der Waals surface area contributed by atoms with Crippen molar-refractivity contribution < 1.29 is 0 Å². The first-order valence-corrected chi connectivity index (χ1v) is 7.09. The molecule has 0 aliphatic carbocycles. The van der Waals surface area contributed by atoms with E-state index in [2.05, 4.69) is 57.7 Å². The van der Waals surface area contributed by atoms with Gasteiger partial charge in [-0.1, -0.05) is 35.3 Å². The minimum atomic E-state index is 0.578. The van der Waals surface area contributed by atoms with Gasteiger partial charge in [-0.05, 0) is 37.5 Å². The Morgan fingerprint density at radius 2 is 2.18 bits per heavy atom. The highest BCUT2D eigenvalue weighted by Crippen LogP contribution is 2.20. The summed E-state index contributed by atoms with van der Waals surface area (Å²) in [6, 6.07) is 6.61. The van der Waals surface area contributed by atoms with Crippen LogP contribution < -0.4 is 0 Å². The van der Waals surface area contributed by atoms with E-state index in [-0.39, 0.29) is 0 Å². The van der Waals surface area contributed by atoms with Gasteiger partial charge in [-0.15, -0.1) is 0 Å². The molecule has 0 bridgehead atoms. The van der Waals surface area contributed by atoms with Crippen LogP contribution >= 0.6 is 15.9 Å². The van der Waals surface area contributed by atoms with Crippen molar-refractivity contribution >= 4 is 27.0 Å². The van der Waals surface area contributed by atoms with Crippen LogP contribution in [0.2, 0.25) is 0 Å². The SMILES string of the molecule is CCCC(Br)Cc1ccc2c(c1)nc(C)n2C. The quantitative estimate of drug-likeness (QED) is 0.780. The summed E-state index contributed by atoms with van der Waals surface area (Å²) in [5, 5.41) is 0. The van der Waals surface area contributed by atoms with Gasteiger partial charge in [0.05, 0.1) is 11.0 Å². The average Bonchev–Trinajstić information content (AvgIpc) is 2.55. The van der Waals surface area contributed by atoms with Gasteiger partial charge in [-0.2, -0.15) is 0 Å². The molecule has 0 saturated heterocycles. The molecular formula is C14H19BrN2. The number of rotatable bonds is 4. The summed E-state index contributed by atoms with van der Waals surface area (Å²) >= 11 is 3.73. The molecule has 2 aromatic rings. The van der Waals surface area contributed by atoms with Crippen LogP contribution in [0.25, 0.3) is 11.0 Å². The third-order valence-electron chi connectivity index (χ3n) is 3.23. The zero-order valence-electron chi connectivity index (χ0n) is 10.7. The molecule has 2 nitrogen and oxygen atoms in total. The fourth-order valence-electron chi connectivity index (χ4n) is 2.16. The third kappa shape index (κ3) is 2.71. The van der Waals surface area contributed by atoms with Gasteiger partial charge >= 0.3 is 0 Å². The number of alkyl halides is 1. The molecule has 0 aliphatic rings. The zero-order chi connectivity index (χ0) is 12.4. The highest BCUT2D eigenvalue weighted by Gasteiger charge is 2.08. The van der Waals surface area contributed by atoms with Crippen molar-refractivity contribution in [1.29, 1.82) is 0 Å². The van der Waals surface area contributed by atoms with Crippen LogP contribution in [0.15, 0.2) is 18.2 Å². The summed E-state index contributed by atoms with van der Waals surface area (Å²) in [5.74, 6) is 1.07. The van der Waals surface area contributed by atoms with Crippen LogP contribution in [0.3, 0.4) is 0 Å². The Hall–Kier alpha value is -0.830. The lowest BCUT2D eigenvalue weighted by Crippen LogP contribution is -2.01. The van der Waals surface area contributed by atoms with Gasteiger partial charge in [0.25, 0.3) is 0 Å². The molecule has 92 valence electrons. The van der Waals surface area contributed by atoms with Crippen LogP contribution in [-0.4, -0.2) is 14.4 Å². The first-order valence-electron chi connectivity index (χ1n) is 6.18. The van der Waals surface area contributed by atoms with Gasteiger partial charge in [0.15, 0.2) is 0 Å². The molecule has 0 aliphatic heterocycles. The van der Waals surface area contributed by atoms with E-state index in [0.29, 0.717) is 4.83 Å². The fourth-order valence-corrected chi connectivity index (χ4v) is 3.00. The maximum absolute atomic E-state index is 4.57. The summed E-state index contributed by atoms with van der Waals surface area (Å²) in [5.41, 5.74) is 3.69. The van der Waals surface area contributed by atoms with Crippen LogP contribution in [0.4, 0.5) is 0 Å². The standard InChI is InChI=1S/C14H19BrN2/c1-4-5-12(15)8-11-6-7-14-13(9-11)16-10(2)17(14)3/h6-7,9,12H,4-5,8H2,1-3H3. The lowest BCUT2D eigenvalue weighted by Gasteiger charge is -2.08. The second-order valence-electron chi connectivity index (χ2n) is 4.63. The minimum absolute atomic E-state index is 0.578. The molecule has 1 heterocycles. The highest BCUT2D eigenvalue weighted by atomic mass is 79.9. The second-order valence-corrected chi connectivity index (χ2v) is 5.93. The number of hydrogen-bond acceptors (Lipinski definition) is 1. The molecule has 1 unspecified atom stereocenters. The van der Waals surface area contributed by atoms with Gasteiger partial charge in [-0.25, -0.2) is 4.98 Å². The molecule has 0 N–H and O–H groups in total. The van der Waals surface area contributed by atoms with E-state index in [1.807, 2.05) is 6.92 Å². The van der Waals surface area contributed by atoms with E-state index in [1.165, 1.54) is 23.9 Å². The van der Waals surface area contributed by atoms with Crippen LogP contribution in [0, 0.1) is 6.92 Å². The molecule has 1 aromatic heterocycles. The Kier molecular flexibility index (Phi) is 3.87. The van der Waals surface area contributed by atoms with Crippen LogP contribution in [0.1, 0.15) is 31.2 Å². The minimum Gasteiger partial charge on any atom is -0.331 e. The first-order chi connectivity index (χ1) is 8.11. The Bertz CT molecular complexity index is 516. The number of aromatic nitrogens is 2. The molecule has 1 atom stereocenters. The molecule has 0 amide bonds. The number of imidazole rings is 1. The highest BCUT2D eigenvalue weighted by molar-refractivity contribution is 9.09. The summed E-state index contributed by atoms with van der Waals surface area (Å²) < 4.78 is 2.14. The van der Waals surface area contributed by atoms with Gasteiger partial charge in [-0.3, -0.25) is 0 Å². The molecule has 0 fully saturated rings. The molecule has 0 radical (unpaired) electrons. The van der Waals surface area contributed by atoms with Crippen LogP contribution in [-0.2, 0) is 13.5 Å². The Labute approximate surface area is 111 Å². The summed E-state index contributed by atoms with van der Waals surface area (Å²) in [7, 11) is 2.06. The number of nitrogens with zero attached hydrogens (tertiary/aromatic N) is 2. The summed E-state index contributed by atoms with van der Waals surface area (Å²) in [4.78, 5) is 5.15. The van der Waals surface area contributed by atoms with Gasteiger partial charge in [0.1, 0.15) is 5.82 Å². The predicted molar refractivity (Wildman–Crippen MR) is 76.8 cm³/mol. The van der Waals surface area contributed by atoms with E-state index in [0.717, 1.165) is 17.8 Å². The molecule has 0 saturated carbocycles. The smallest absolute Gasteiger partial charge is 0.106 e. The van der Waals surface area contributed by atoms with E-state index < -0.39 is 0 Å². The van der Waals surface area contributed by atoms with Crippen molar-refractivity contribution in [3.63, 3.8) is 0 Å². The molecule has 17 heavy (non-hydrogen) atoms. The normalized spacial score (nSPS) is 13.2. The molecular weight excluding hydrogens is 276 g/mol. The maximum atomic E-state index is 4.57. The maximum Gasteiger partial charge on any atom is 0.106 e. The second kappa shape index (κ2) is 5.21. The van der Waals surface area contributed by atoms with E-state index in [9.17, 15) is 0 Å². The van der Waals surface area contributed by atoms with Gasteiger partial charge in [0, 0.05) is 11.9 Å². The summed E-state index contributed by atoms with van der Waals surface area (Å²) in [6.07, 6.45) is 3.53. The fraction of sp³-hybridized carbons (Fsp3) is 0.500. The van der Waals surface area contributed by atoms with Crippen molar-refractivity contribution in [1.82, 2.24) is 9.55 Å². The predicted octanol–water partition coefficient (Wildman–Crippen LogP) is 3.99. The van der Waals surface area contributed by atoms with E-state index >= 15 is 0 Å². The number of aryl methyl sites for hydroxylation is 2. The number of halogens is 1. The van der Waals surface area contributed by atoms with Crippen molar-refractivity contribution in [2.24, 2.45) is 7.05 Å². The van der Waals surface area contributed by atoms with E-state index in [1.54, 1.807) is 0 Å². The monoisotopic (exact) mass is 294 g/mol. The van der Waals surface area contributed by atoms with Crippen molar-refractivity contribution in [2.75, 3.05) is 0 Å².